The molecule has 0 aliphatic heterocycles. The molecule has 5 nitrogen and oxygen atoms in total. The maximum atomic E-state index is 10.6. The minimum atomic E-state index is -1.01. The molecule has 0 aliphatic carbocycles. The molecule has 4 rings (SSSR count). The number of nitrogens with zero attached hydrogens (tertiary/aromatic N) is 2. The fraction of sp³-hybridized carbons (Fsp3) is 0.130. The molecule has 31 heavy (non-hydrogen) atoms. The van der Waals surface area contributed by atoms with E-state index < -0.39 is 5.97 Å². The molecule has 0 radical (unpaired) electrons. The van der Waals surface area contributed by atoms with Crippen LogP contribution < -0.4 is 26.3 Å². The highest BCUT2D eigenvalue weighted by Gasteiger charge is 2.21. The number of fused-ring (bicyclic) bond motifs is 1. The topological polar surface area (TPSA) is 55.3 Å². The molecule has 0 fully saturated rings. The van der Waals surface area contributed by atoms with Crippen molar-refractivity contribution >= 4 is 39.9 Å². The normalized spacial score (nSPS) is 10.6. The Balaban J connectivity index is 0.00000272. The van der Waals surface area contributed by atoms with Crippen molar-refractivity contribution < 1.29 is 36.2 Å². The zero-order chi connectivity index (χ0) is 21.1. The van der Waals surface area contributed by atoms with Crippen LogP contribution in [0.2, 0.25) is 10.3 Å². The molecule has 0 saturated carbocycles. The van der Waals surface area contributed by atoms with Gasteiger partial charge in [-0.3, -0.25) is 0 Å². The largest absolute Gasteiger partial charge is 1.00 e. The number of aromatic nitrogens is 2. The summed E-state index contributed by atoms with van der Waals surface area (Å²) in [5, 5.41) is 12.0. The molecule has 0 unspecified atom stereocenters. The first-order chi connectivity index (χ1) is 14.5. The maximum absolute atomic E-state index is 10.6. The van der Waals surface area contributed by atoms with E-state index in [2.05, 4.69) is 24.3 Å². The van der Waals surface area contributed by atoms with Crippen LogP contribution in [-0.2, 0) is 17.9 Å². The van der Waals surface area contributed by atoms with Crippen molar-refractivity contribution in [2.45, 2.75) is 13.1 Å². The third kappa shape index (κ3) is 5.39. The second kappa shape index (κ2) is 10.2. The number of aliphatic carboxylic acids is 1. The summed E-state index contributed by atoms with van der Waals surface area (Å²) >= 11 is 13.0. The van der Waals surface area contributed by atoms with Gasteiger partial charge in [0.15, 0.2) is 6.61 Å². The zero-order valence-corrected chi connectivity index (χ0v) is 19.4. The van der Waals surface area contributed by atoms with Crippen molar-refractivity contribution in [1.82, 2.24) is 4.57 Å². The minimum absolute atomic E-state index is 0. The lowest BCUT2D eigenvalue weighted by atomic mass is 10.0. The van der Waals surface area contributed by atoms with Crippen LogP contribution in [0.4, 0.5) is 0 Å². The molecule has 0 atom stereocenters. The summed E-state index contributed by atoms with van der Waals surface area (Å²) in [5.41, 5.74) is 2.15. The van der Waals surface area contributed by atoms with Gasteiger partial charge in [-0.25, -0.2) is 13.9 Å². The van der Waals surface area contributed by atoms with Crippen LogP contribution in [-0.4, -0.2) is 22.2 Å². The fourth-order valence-corrected chi connectivity index (χ4v) is 3.80. The molecule has 160 valence electrons. The predicted octanol–water partition coefficient (Wildman–Crippen LogP) is 1.80. The highest BCUT2D eigenvalue weighted by Crippen LogP contribution is 2.23. The number of halogens is 3. The third-order valence-corrected chi connectivity index (χ3v) is 5.70. The highest BCUT2D eigenvalue weighted by atomic mass is 79.9. The Kier molecular flexibility index (Phi) is 7.59. The maximum Gasteiger partial charge on any atom is 0.341 e. The summed E-state index contributed by atoms with van der Waals surface area (Å²) < 4.78 is 8.97. The summed E-state index contributed by atoms with van der Waals surface area (Å²) in [4.78, 5) is 10.6. The van der Waals surface area contributed by atoms with E-state index in [1.807, 2.05) is 45.8 Å². The van der Waals surface area contributed by atoms with E-state index in [1.54, 1.807) is 12.1 Å². The standard InChI is InChI=1S/C23H18Cl2N2O3.BrH/c24-22-23(25)27(13-18-6-3-5-17-4-1-2-7-20(17)18)15-26(22)12-16-8-10-19(11-9-16)30-14-21(28)29;/h1-11,15H,12-14H2;1H. The van der Waals surface area contributed by atoms with Gasteiger partial charge in [0, 0.05) is 5.56 Å². The lowest BCUT2D eigenvalue weighted by Crippen LogP contribution is -3.00. The Bertz CT molecular complexity index is 1200. The first kappa shape index (κ1) is 23.1. The number of benzene rings is 3. The lowest BCUT2D eigenvalue weighted by Gasteiger charge is -2.05. The van der Waals surface area contributed by atoms with Crippen molar-refractivity contribution in [3.05, 3.63) is 94.5 Å². The van der Waals surface area contributed by atoms with Gasteiger partial charge in [-0.05, 0) is 51.7 Å². The first-order valence-electron chi connectivity index (χ1n) is 9.35. The minimum Gasteiger partial charge on any atom is -1.00 e. The molecule has 0 saturated heterocycles. The summed E-state index contributed by atoms with van der Waals surface area (Å²) in [6, 6.07) is 21.7. The van der Waals surface area contributed by atoms with Crippen molar-refractivity contribution in [3.63, 3.8) is 0 Å². The Morgan fingerprint density at radius 2 is 1.71 bits per heavy atom. The van der Waals surface area contributed by atoms with Crippen LogP contribution in [0.3, 0.4) is 0 Å². The number of ether oxygens (including phenoxy) is 1. The molecule has 4 aromatic rings. The molecule has 0 spiro atoms. The van der Waals surface area contributed by atoms with Crippen LogP contribution in [0.5, 0.6) is 5.75 Å². The fourth-order valence-electron chi connectivity index (χ4n) is 3.37. The number of carboxylic acids is 1. The molecule has 0 bridgehead atoms. The Labute approximate surface area is 200 Å². The number of hydrogen-bond donors (Lipinski definition) is 1. The van der Waals surface area contributed by atoms with Gasteiger partial charge >= 0.3 is 5.97 Å². The third-order valence-electron chi connectivity index (χ3n) is 4.81. The van der Waals surface area contributed by atoms with Gasteiger partial charge in [-0.15, -0.1) is 0 Å². The SMILES string of the molecule is O=C(O)COc1ccc(Cn2c[n+](Cc3cccc4ccccc34)c(Cl)c2Cl)cc1.[Br-]. The zero-order valence-electron chi connectivity index (χ0n) is 16.3. The molecule has 1 N–H and O–H groups in total. The van der Waals surface area contributed by atoms with Gasteiger partial charge in [0.1, 0.15) is 18.8 Å². The van der Waals surface area contributed by atoms with Gasteiger partial charge in [0.25, 0.3) is 10.3 Å². The molecule has 1 aromatic heterocycles. The van der Waals surface area contributed by atoms with Crippen LogP contribution in [0.1, 0.15) is 11.1 Å². The van der Waals surface area contributed by atoms with Crippen LogP contribution in [0, 0.1) is 0 Å². The van der Waals surface area contributed by atoms with E-state index in [9.17, 15) is 4.79 Å². The molecule has 8 heteroatoms. The summed E-state index contributed by atoms with van der Waals surface area (Å²) in [6.07, 6.45) is 1.90. The first-order valence-corrected chi connectivity index (χ1v) is 10.1. The number of carbonyl (C=O) groups is 1. The molecule has 1 heterocycles. The highest BCUT2D eigenvalue weighted by molar-refractivity contribution is 6.39. The molecular weight excluding hydrogens is 503 g/mol. The van der Waals surface area contributed by atoms with Crippen molar-refractivity contribution in [2.75, 3.05) is 6.61 Å². The number of hydrogen-bond acceptors (Lipinski definition) is 2. The number of rotatable bonds is 7. The molecule has 0 amide bonds. The summed E-state index contributed by atoms with van der Waals surface area (Å²) in [7, 11) is 0. The van der Waals surface area contributed by atoms with E-state index in [0.717, 1.165) is 11.1 Å². The van der Waals surface area contributed by atoms with E-state index in [0.29, 0.717) is 29.1 Å². The summed E-state index contributed by atoms with van der Waals surface area (Å²) in [5.74, 6) is -0.507. The van der Waals surface area contributed by atoms with Gasteiger partial charge in [0.2, 0.25) is 6.33 Å². The Morgan fingerprint density at radius 1 is 1.00 bits per heavy atom. The second-order valence-corrected chi connectivity index (χ2v) is 7.63. The lowest BCUT2D eigenvalue weighted by molar-refractivity contribution is -0.685. The average molecular weight is 522 g/mol. The predicted molar refractivity (Wildman–Crippen MR) is 116 cm³/mol. The van der Waals surface area contributed by atoms with Crippen molar-refractivity contribution in [2.24, 2.45) is 0 Å². The van der Waals surface area contributed by atoms with E-state index in [4.69, 9.17) is 33.0 Å². The van der Waals surface area contributed by atoms with Crippen LogP contribution in [0.25, 0.3) is 10.8 Å². The van der Waals surface area contributed by atoms with Crippen molar-refractivity contribution in [1.29, 1.82) is 0 Å². The van der Waals surface area contributed by atoms with Gasteiger partial charge in [0.05, 0.1) is 0 Å². The van der Waals surface area contributed by atoms with Gasteiger partial charge in [-0.2, -0.15) is 0 Å². The quantitative estimate of drug-likeness (QED) is 0.377. The second-order valence-electron chi connectivity index (χ2n) is 6.92. The number of carboxylic acid groups (broad SMARTS) is 1. The van der Waals surface area contributed by atoms with Crippen LogP contribution in [0.15, 0.2) is 73.1 Å². The monoisotopic (exact) mass is 520 g/mol. The Morgan fingerprint density at radius 3 is 2.45 bits per heavy atom. The summed E-state index contributed by atoms with van der Waals surface area (Å²) in [6.45, 7) is 0.766. The van der Waals surface area contributed by atoms with Crippen molar-refractivity contribution in [3.8, 4) is 5.75 Å². The van der Waals surface area contributed by atoms with E-state index in [-0.39, 0.29) is 23.6 Å². The van der Waals surface area contributed by atoms with E-state index >= 15 is 0 Å². The Hall–Kier alpha value is -2.54. The average Bonchev–Trinajstić information content (AvgIpc) is 3.01. The van der Waals surface area contributed by atoms with E-state index in [1.165, 1.54) is 10.8 Å². The van der Waals surface area contributed by atoms with Gasteiger partial charge < -0.3 is 26.8 Å². The molecule has 0 aliphatic rings. The smallest absolute Gasteiger partial charge is 0.341 e. The van der Waals surface area contributed by atoms with Crippen LogP contribution >= 0.6 is 23.2 Å². The molecule has 3 aromatic carbocycles. The van der Waals surface area contributed by atoms with Gasteiger partial charge in [-0.1, -0.05) is 54.6 Å². The molecular formula is C23H19BrCl2N2O3. The number of imidazole rings is 1.